The molecule has 0 unspecified atom stereocenters. The molecule has 0 atom stereocenters. The molecule has 0 spiro atoms. The fourth-order valence-corrected chi connectivity index (χ4v) is 1.45. The molecule has 4 nitrogen and oxygen atoms in total. The summed E-state index contributed by atoms with van der Waals surface area (Å²) in [7, 11) is 0. The minimum absolute atomic E-state index is 0.124. The second-order valence-corrected chi connectivity index (χ2v) is 3.51. The molecular formula is C10H15N3OS. The van der Waals surface area contributed by atoms with Gasteiger partial charge in [0, 0.05) is 25.0 Å². The fraction of sp³-hybridized carbons (Fsp3) is 0.400. The topological polar surface area (TPSA) is 62.4 Å². The molecule has 1 aromatic heterocycles. The summed E-state index contributed by atoms with van der Waals surface area (Å²) in [4.78, 5) is 6.38. The quantitative estimate of drug-likeness (QED) is 0.716. The third-order valence-electron chi connectivity index (χ3n) is 2.11. The summed E-state index contributed by atoms with van der Waals surface area (Å²) in [6, 6.07) is 3.71. The number of aromatic nitrogens is 1. The van der Waals surface area contributed by atoms with Gasteiger partial charge >= 0.3 is 0 Å². The van der Waals surface area contributed by atoms with Crippen molar-refractivity contribution in [3.63, 3.8) is 0 Å². The van der Waals surface area contributed by atoms with E-state index in [4.69, 9.17) is 23.1 Å². The van der Waals surface area contributed by atoms with Crippen LogP contribution in [0.25, 0.3) is 0 Å². The smallest absolute Gasteiger partial charge is 0.122 e. The molecule has 82 valence electrons. The Morgan fingerprint density at radius 2 is 2.40 bits per heavy atom. The monoisotopic (exact) mass is 225 g/mol. The van der Waals surface area contributed by atoms with E-state index >= 15 is 0 Å². The maximum Gasteiger partial charge on any atom is 0.122 e. The molecule has 15 heavy (non-hydrogen) atoms. The molecule has 0 aromatic carbocycles. The van der Waals surface area contributed by atoms with Crippen LogP contribution in [0, 0.1) is 0 Å². The fourth-order valence-electron chi connectivity index (χ4n) is 1.34. The number of aliphatic hydroxyl groups excluding tert-OH is 1. The van der Waals surface area contributed by atoms with Gasteiger partial charge < -0.3 is 15.7 Å². The first-order valence-corrected chi connectivity index (χ1v) is 5.21. The summed E-state index contributed by atoms with van der Waals surface area (Å²) in [5.74, 6) is 0. The first-order chi connectivity index (χ1) is 7.19. The van der Waals surface area contributed by atoms with Crippen LogP contribution in [0.5, 0.6) is 0 Å². The molecule has 5 heteroatoms. The number of aliphatic hydroxyl groups is 1. The van der Waals surface area contributed by atoms with Crippen LogP contribution in [0.4, 0.5) is 5.69 Å². The first-order valence-electron chi connectivity index (χ1n) is 4.80. The van der Waals surface area contributed by atoms with E-state index < -0.39 is 0 Å². The van der Waals surface area contributed by atoms with Gasteiger partial charge in [0.1, 0.15) is 4.99 Å². The zero-order chi connectivity index (χ0) is 11.3. The maximum absolute atomic E-state index is 8.90. The Hall–Kier alpha value is -1.20. The molecule has 0 saturated heterocycles. The Kier molecular flexibility index (Phi) is 4.45. The van der Waals surface area contributed by atoms with Crippen LogP contribution in [-0.4, -0.2) is 34.8 Å². The number of nitrogens with two attached hydrogens (primary N) is 1. The lowest BCUT2D eigenvalue weighted by atomic mass is 10.3. The van der Waals surface area contributed by atoms with Crippen molar-refractivity contribution < 1.29 is 5.11 Å². The van der Waals surface area contributed by atoms with Crippen LogP contribution >= 0.6 is 12.2 Å². The number of anilines is 1. The molecule has 0 fully saturated rings. The van der Waals surface area contributed by atoms with Crippen molar-refractivity contribution in [1.29, 1.82) is 0 Å². The van der Waals surface area contributed by atoms with E-state index in [1.54, 1.807) is 6.20 Å². The van der Waals surface area contributed by atoms with Gasteiger partial charge in [-0.05, 0) is 19.1 Å². The highest BCUT2D eigenvalue weighted by molar-refractivity contribution is 7.80. The summed E-state index contributed by atoms with van der Waals surface area (Å²) in [6.45, 7) is 3.56. The lowest BCUT2D eigenvalue weighted by Crippen LogP contribution is -2.26. The van der Waals surface area contributed by atoms with Gasteiger partial charge in [0.2, 0.25) is 0 Å². The third kappa shape index (κ3) is 3.14. The predicted octanol–water partition coefficient (Wildman–Crippen LogP) is 0.534. The first kappa shape index (κ1) is 11.9. The summed E-state index contributed by atoms with van der Waals surface area (Å²) in [5.41, 5.74) is 7.09. The zero-order valence-corrected chi connectivity index (χ0v) is 9.50. The Labute approximate surface area is 94.7 Å². The molecule has 0 aliphatic heterocycles. The molecule has 0 bridgehead atoms. The van der Waals surface area contributed by atoms with E-state index in [1.165, 1.54) is 0 Å². The summed E-state index contributed by atoms with van der Waals surface area (Å²) < 4.78 is 0. The zero-order valence-electron chi connectivity index (χ0n) is 8.68. The number of hydrogen-bond donors (Lipinski definition) is 2. The van der Waals surface area contributed by atoms with E-state index in [9.17, 15) is 0 Å². The van der Waals surface area contributed by atoms with Gasteiger partial charge in [-0.2, -0.15) is 0 Å². The molecule has 3 N–H and O–H groups in total. The number of nitrogens with zero attached hydrogens (tertiary/aromatic N) is 2. The van der Waals surface area contributed by atoms with Crippen LogP contribution in [0.2, 0.25) is 0 Å². The minimum Gasteiger partial charge on any atom is -0.395 e. The summed E-state index contributed by atoms with van der Waals surface area (Å²) in [5, 5.41) is 8.90. The molecule has 0 amide bonds. The standard InChI is InChI=1S/C10H15N3OS/c1-2-13(5-6-14)8-3-4-12-9(7-8)10(11)15/h3-4,7,14H,2,5-6H2,1H3,(H2,11,15). The highest BCUT2D eigenvalue weighted by Crippen LogP contribution is 2.13. The van der Waals surface area contributed by atoms with Crippen molar-refractivity contribution in [2.45, 2.75) is 6.92 Å². The van der Waals surface area contributed by atoms with Crippen molar-refractivity contribution in [2.75, 3.05) is 24.6 Å². The SMILES string of the molecule is CCN(CCO)c1ccnc(C(N)=S)c1. The number of hydrogen-bond acceptors (Lipinski definition) is 4. The van der Waals surface area contributed by atoms with Crippen LogP contribution in [0.3, 0.4) is 0 Å². The number of rotatable bonds is 5. The molecule has 0 saturated carbocycles. The molecule has 0 radical (unpaired) electrons. The van der Waals surface area contributed by atoms with E-state index in [0.29, 0.717) is 12.2 Å². The molecular weight excluding hydrogens is 210 g/mol. The van der Waals surface area contributed by atoms with Crippen molar-refractivity contribution >= 4 is 22.9 Å². The summed E-state index contributed by atoms with van der Waals surface area (Å²) in [6.07, 6.45) is 1.67. The lowest BCUT2D eigenvalue weighted by molar-refractivity contribution is 0.302. The minimum atomic E-state index is 0.124. The normalized spacial score (nSPS) is 10.0. The highest BCUT2D eigenvalue weighted by atomic mass is 32.1. The Morgan fingerprint density at radius 3 is 2.93 bits per heavy atom. The second-order valence-electron chi connectivity index (χ2n) is 3.07. The summed E-state index contributed by atoms with van der Waals surface area (Å²) >= 11 is 4.86. The molecule has 0 aliphatic rings. The highest BCUT2D eigenvalue weighted by Gasteiger charge is 2.05. The van der Waals surface area contributed by atoms with Gasteiger partial charge in [0.15, 0.2) is 0 Å². The van der Waals surface area contributed by atoms with Gasteiger partial charge in [-0.1, -0.05) is 12.2 Å². The predicted molar refractivity (Wildman–Crippen MR) is 65.1 cm³/mol. The Morgan fingerprint density at radius 1 is 1.67 bits per heavy atom. The van der Waals surface area contributed by atoms with E-state index in [-0.39, 0.29) is 11.6 Å². The van der Waals surface area contributed by atoms with Crippen molar-refractivity contribution in [1.82, 2.24) is 4.98 Å². The maximum atomic E-state index is 8.90. The number of thiocarbonyl (C=S) groups is 1. The van der Waals surface area contributed by atoms with Crippen molar-refractivity contribution in [3.8, 4) is 0 Å². The Balaban J connectivity index is 2.92. The third-order valence-corrected chi connectivity index (χ3v) is 2.32. The van der Waals surface area contributed by atoms with Gasteiger partial charge in [0.05, 0.1) is 12.3 Å². The molecule has 1 heterocycles. The van der Waals surface area contributed by atoms with Gasteiger partial charge in [-0.25, -0.2) is 0 Å². The number of pyridine rings is 1. The second kappa shape index (κ2) is 5.63. The largest absolute Gasteiger partial charge is 0.395 e. The van der Waals surface area contributed by atoms with Gasteiger partial charge in [-0.15, -0.1) is 0 Å². The van der Waals surface area contributed by atoms with E-state index in [1.807, 2.05) is 24.0 Å². The van der Waals surface area contributed by atoms with Crippen LogP contribution in [-0.2, 0) is 0 Å². The molecule has 1 rings (SSSR count). The molecule has 1 aromatic rings. The van der Waals surface area contributed by atoms with E-state index in [2.05, 4.69) is 4.98 Å². The Bertz CT molecular complexity index is 343. The van der Waals surface area contributed by atoms with Crippen molar-refractivity contribution in [2.24, 2.45) is 5.73 Å². The lowest BCUT2D eigenvalue weighted by Gasteiger charge is -2.22. The number of likely N-dealkylation sites (N-methyl/N-ethyl adjacent to an activating group) is 1. The van der Waals surface area contributed by atoms with Crippen molar-refractivity contribution in [3.05, 3.63) is 24.0 Å². The van der Waals surface area contributed by atoms with Gasteiger partial charge in [0.25, 0.3) is 0 Å². The van der Waals surface area contributed by atoms with Crippen LogP contribution in [0.15, 0.2) is 18.3 Å². The average Bonchev–Trinajstić information content (AvgIpc) is 2.26. The average molecular weight is 225 g/mol. The van der Waals surface area contributed by atoms with Crippen LogP contribution < -0.4 is 10.6 Å². The van der Waals surface area contributed by atoms with Crippen LogP contribution in [0.1, 0.15) is 12.6 Å². The molecule has 0 aliphatic carbocycles. The van der Waals surface area contributed by atoms with E-state index in [0.717, 1.165) is 12.2 Å². The van der Waals surface area contributed by atoms with Gasteiger partial charge in [-0.3, -0.25) is 4.98 Å².